The Morgan fingerprint density at radius 3 is 2.79 bits per heavy atom. The molecule has 1 atom stereocenters. The molecule has 3 aromatic rings. The SMILES string of the molecule is Cn1cc(C(C)(O)CNC(=O)c2cc(-c3ccccc3)on2)cn1. The number of nitrogens with zero attached hydrogens (tertiary/aromatic N) is 3. The summed E-state index contributed by atoms with van der Waals surface area (Å²) in [5, 5.41) is 20.9. The van der Waals surface area contributed by atoms with E-state index in [1.807, 2.05) is 30.3 Å². The molecule has 1 amide bonds. The molecule has 0 aliphatic carbocycles. The number of benzene rings is 1. The van der Waals surface area contributed by atoms with Crippen LogP contribution in [-0.2, 0) is 12.6 Å². The van der Waals surface area contributed by atoms with E-state index in [1.165, 1.54) is 0 Å². The maximum atomic E-state index is 12.2. The second-order valence-electron chi connectivity index (χ2n) is 5.80. The summed E-state index contributed by atoms with van der Waals surface area (Å²) < 4.78 is 6.80. The van der Waals surface area contributed by atoms with E-state index in [1.54, 1.807) is 37.1 Å². The number of hydrogen-bond acceptors (Lipinski definition) is 5. The van der Waals surface area contributed by atoms with Crippen LogP contribution in [0.3, 0.4) is 0 Å². The summed E-state index contributed by atoms with van der Waals surface area (Å²) in [6.07, 6.45) is 3.27. The molecule has 2 N–H and O–H groups in total. The topological polar surface area (TPSA) is 93.2 Å². The molecule has 1 aromatic carbocycles. The first-order valence-corrected chi connectivity index (χ1v) is 7.47. The number of rotatable bonds is 5. The smallest absolute Gasteiger partial charge is 0.273 e. The van der Waals surface area contributed by atoms with E-state index >= 15 is 0 Å². The van der Waals surface area contributed by atoms with E-state index in [2.05, 4.69) is 15.6 Å². The van der Waals surface area contributed by atoms with Crippen molar-refractivity contribution in [1.82, 2.24) is 20.3 Å². The maximum absolute atomic E-state index is 12.2. The molecule has 7 heteroatoms. The summed E-state index contributed by atoms with van der Waals surface area (Å²) in [7, 11) is 1.76. The fourth-order valence-electron chi connectivity index (χ4n) is 2.27. The van der Waals surface area contributed by atoms with Crippen LogP contribution in [0.25, 0.3) is 11.3 Å². The third kappa shape index (κ3) is 3.36. The summed E-state index contributed by atoms with van der Waals surface area (Å²) >= 11 is 0. The second kappa shape index (κ2) is 6.29. The van der Waals surface area contributed by atoms with E-state index in [0.717, 1.165) is 5.56 Å². The maximum Gasteiger partial charge on any atom is 0.273 e. The minimum absolute atomic E-state index is 0.0328. The lowest BCUT2D eigenvalue weighted by molar-refractivity contribution is 0.0523. The van der Waals surface area contributed by atoms with Crippen molar-refractivity contribution in [2.24, 2.45) is 7.05 Å². The number of hydrogen-bond donors (Lipinski definition) is 2. The number of aromatic nitrogens is 3. The van der Waals surface area contributed by atoms with Gasteiger partial charge in [-0.15, -0.1) is 0 Å². The highest BCUT2D eigenvalue weighted by Gasteiger charge is 2.26. The lowest BCUT2D eigenvalue weighted by atomic mass is 10.00. The molecule has 1 unspecified atom stereocenters. The van der Waals surface area contributed by atoms with Crippen LogP contribution in [0.1, 0.15) is 23.0 Å². The molecule has 0 aliphatic heterocycles. The fourth-order valence-corrected chi connectivity index (χ4v) is 2.27. The van der Waals surface area contributed by atoms with Crippen LogP contribution in [0.2, 0.25) is 0 Å². The van der Waals surface area contributed by atoms with Crippen molar-refractivity contribution >= 4 is 5.91 Å². The highest BCUT2D eigenvalue weighted by atomic mass is 16.5. The monoisotopic (exact) mass is 326 g/mol. The van der Waals surface area contributed by atoms with Crippen LogP contribution >= 0.6 is 0 Å². The number of carbonyl (C=O) groups is 1. The number of amides is 1. The molecule has 0 spiro atoms. The minimum Gasteiger partial charge on any atom is -0.383 e. The molecule has 124 valence electrons. The van der Waals surface area contributed by atoms with Crippen LogP contribution in [0.4, 0.5) is 0 Å². The van der Waals surface area contributed by atoms with Crippen molar-refractivity contribution in [3.05, 3.63) is 60.0 Å². The van der Waals surface area contributed by atoms with Crippen molar-refractivity contribution in [2.45, 2.75) is 12.5 Å². The summed E-state index contributed by atoms with van der Waals surface area (Å²) in [6.45, 7) is 1.65. The molecule has 0 aliphatic rings. The number of aryl methyl sites for hydroxylation is 1. The van der Waals surface area contributed by atoms with Crippen LogP contribution in [0.5, 0.6) is 0 Å². The van der Waals surface area contributed by atoms with Gasteiger partial charge in [0.25, 0.3) is 5.91 Å². The molecule has 0 saturated heterocycles. The minimum atomic E-state index is -1.23. The van der Waals surface area contributed by atoms with Gasteiger partial charge in [0.1, 0.15) is 5.60 Å². The van der Waals surface area contributed by atoms with Crippen molar-refractivity contribution in [3.63, 3.8) is 0 Å². The van der Waals surface area contributed by atoms with Gasteiger partial charge >= 0.3 is 0 Å². The van der Waals surface area contributed by atoms with Crippen molar-refractivity contribution in [1.29, 1.82) is 0 Å². The van der Waals surface area contributed by atoms with E-state index < -0.39 is 11.5 Å². The molecule has 0 fully saturated rings. The predicted molar refractivity (Wildman–Crippen MR) is 87.1 cm³/mol. The normalized spacial score (nSPS) is 13.5. The molecule has 0 saturated carbocycles. The average molecular weight is 326 g/mol. The first kappa shape index (κ1) is 15.9. The van der Waals surface area contributed by atoms with Crippen LogP contribution < -0.4 is 5.32 Å². The van der Waals surface area contributed by atoms with Gasteiger partial charge < -0.3 is 14.9 Å². The average Bonchev–Trinajstić information content (AvgIpc) is 3.23. The standard InChI is InChI=1S/C17H18N4O3/c1-17(23,13-9-19-21(2)10-13)11-18-16(22)14-8-15(24-20-14)12-6-4-3-5-7-12/h3-10,23H,11H2,1-2H3,(H,18,22). The van der Waals surface area contributed by atoms with Crippen LogP contribution in [0.15, 0.2) is 53.3 Å². The number of carbonyl (C=O) groups excluding carboxylic acids is 1. The zero-order valence-electron chi connectivity index (χ0n) is 13.4. The molecule has 3 rings (SSSR count). The van der Waals surface area contributed by atoms with Gasteiger partial charge in [-0.25, -0.2) is 0 Å². The van der Waals surface area contributed by atoms with Gasteiger partial charge in [-0.05, 0) is 6.92 Å². The van der Waals surface area contributed by atoms with Crippen molar-refractivity contribution in [2.75, 3.05) is 6.54 Å². The largest absolute Gasteiger partial charge is 0.383 e. The molecule has 24 heavy (non-hydrogen) atoms. The van der Waals surface area contributed by atoms with Gasteiger partial charge in [-0.2, -0.15) is 5.10 Å². The van der Waals surface area contributed by atoms with Gasteiger partial charge in [-0.3, -0.25) is 9.48 Å². The third-order valence-corrected chi connectivity index (χ3v) is 3.72. The Bertz CT molecular complexity index is 836. The molecular weight excluding hydrogens is 308 g/mol. The second-order valence-corrected chi connectivity index (χ2v) is 5.80. The fraction of sp³-hybridized carbons (Fsp3) is 0.235. The molecular formula is C17H18N4O3. The van der Waals surface area contributed by atoms with Gasteiger partial charge in [0.05, 0.1) is 12.7 Å². The Morgan fingerprint density at radius 2 is 2.12 bits per heavy atom. The zero-order valence-corrected chi connectivity index (χ0v) is 13.4. The van der Waals surface area contributed by atoms with Gasteiger partial charge in [0.2, 0.25) is 0 Å². The highest BCUT2D eigenvalue weighted by Crippen LogP contribution is 2.21. The quantitative estimate of drug-likeness (QED) is 0.744. The van der Waals surface area contributed by atoms with E-state index in [0.29, 0.717) is 11.3 Å². The van der Waals surface area contributed by atoms with Crippen LogP contribution in [-0.4, -0.2) is 32.5 Å². The van der Waals surface area contributed by atoms with E-state index in [-0.39, 0.29) is 12.2 Å². The zero-order chi connectivity index (χ0) is 17.2. The van der Waals surface area contributed by atoms with Crippen molar-refractivity contribution < 1.29 is 14.4 Å². The highest BCUT2D eigenvalue weighted by molar-refractivity contribution is 5.93. The Labute approximate surface area is 138 Å². The summed E-state index contributed by atoms with van der Waals surface area (Å²) in [5.74, 6) is 0.102. The first-order chi connectivity index (χ1) is 11.5. The number of nitrogens with one attached hydrogen (secondary N) is 1. The summed E-state index contributed by atoms with van der Waals surface area (Å²) in [6, 6.07) is 11.0. The van der Waals surface area contributed by atoms with Gasteiger partial charge in [0, 0.05) is 30.4 Å². The van der Waals surface area contributed by atoms with Crippen molar-refractivity contribution in [3.8, 4) is 11.3 Å². The van der Waals surface area contributed by atoms with Gasteiger partial charge in [0.15, 0.2) is 11.5 Å². The van der Waals surface area contributed by atoms with Crippen LogP contribution in [0, 0.1) is 0 Å². The summed E-state index contributed by atoms with van der Waals surface area (Å²) in [5.41, 5.74) is 0.397. The van der Waals surface area contributed by atoms with Gasteiger partial charge in [-0.1, -0.05) is 35.5 Å². The third-order valence-electron chi connectivity index (χ3n) is 3.72. The van der Waals surface area contributed by atoms with E-state index in [4.69, 9.17) is 4.52 Å². The molecule has 2 heterocycles. The Hall–Kier alpha value is -2.93. The Balaban J connectivity index is 1.66. The predicted octanol–water partition coefficient (Wildman–Crippen LogP) is 1.71. The molecule has 7 nitrogen and oxygen atoms in total. The molecule has 0 bridgehead atoms. The van der Waals surface area contributed by atoms with E-state index in [9.17, 15) is 9.90 Å². The molecule has 2 aromatic heterocycles. The number of aliphatic hydroxyl groups is 1. The Kier molecular flexibility index (Phi) is 4.18. The summed E-state index contributed by atoms with van der Waals surface area (Å²) in [4.78, 5) is 12.2. The molecule has 0 radical (unpaired) electrons. The first-order valence-electron chi connectivity index (χ1n) is 7.47. The lowest BCUT2D eigenvalue weighted by Crippen LogP contribution is -2.38. The Morgan fingerprint density at radius 1 is 1.38 bits per heavy atom. The lowest BCUT2D eigenvalue weighted by Gasteiger charge is -2.21.